The van der Waals surface area contributed by atoms with Crippen molar-refractivity contribution in [1.29, 1.82) is 0 Å². The van der Waals surface area contributed by atoms with Gasteiger partial charge in [-0.15, -0.1) is 0 Å². The van der Waals surface area contributed by atoms with E-state index in [-0.39, 0.29) is 6.42 Å². The Labute approximate surface area is 94.6 Å². The maximum absolute atomic E-state index is 12.6. The molecular formula is C10H10F3I. The Bertz CT molecular complexity index is 268. The van der Waals surface area contributed by atoms with Crippen molar-refractivity contribution in [3.8, 4) is 0 Å². The van der Waals surface area contributed by atoms with Gasteiger partial charge < -0.3 is 0 Å². The summed E-state index contributed by atoms with van der Waals surface area (Å²) in [5.41, 5.74) is 0.358. The van der Waals surface area contributed by atoms with Crippen molar-refractivity contribution in [3.05, 3.63) is 35.9 Å². The highest BCUT2D eigenvalue weighted by molar-refractivity contribution is 14.1. The predicted molar refractivity (Wildman–Crippen MR) is 58.7 cm³/mol. The van der Waals surface area contributed by atoms with Crippen LogP contribution >= 0.6 is 22.6 Å². The maximum Gasteiger partial charge on any atom is 0.395 e. The Morgan fingerprint density at radius 3 is 2.14 bits per heavy atom. The Morgan fingerprint density at radius 1 is 1.14 bits per heavy atom. The van der Waals surface area contributed by atoms with Gasteiger partial charge in [0.25, 0.3) is 0 Å². The fourth-order valence-electron chi connectivity index (χ4n) is 1.31. The van der Waals surface area contributed by atoms with Crippen LogP contribution < -0.4 is 0 Å². The summed E-state index contributed by atoms with van der Waals surface area (Å²) in [5.74, 6) is -1.32. The van der Waals surface area contributed by atoms with Crippen LogP contribution in [0.3, 0.4) is 0 Å². The second-order valence-electron chi connectivity index (χ2n) is 2.98. The van der Waals surface area contributed by atoms with Crippen molar-refractivity contribution in [2.24, 2.45) is 0 Å². The largest absolute Gasteiger partial charge is 0.395 e. The lowest BCUT2D eigenvalue weighted by Crippen LogP contribution is -2.21. The highest BCUT2D eigenvalue weighted by atomic mass is 127. The van der Waals surface area contributed by atoms with E-state index in [1.54, 1.807) is 18.2 Å². The molecule has 4 heteroatoms. The van der Waals surface area contributed by atoms with Gasteiger partial charge >= 0.3 is 6.18 Å². The van der Waals surface area contributed by atoms with E-state index in [9.17, 15) is 13.2 Å². The second kappa shape index (κ2) is 5.00. The van der Waals surface area contributed by atoms with Crippen LogP contribution in [0.4, 0.5) is 13.2 Å². The van der Waals surface area contributed by atoms with Gasteiger partial charge in [0, 0.05) is 4.43 Å². The Hall–Kier alpha value is -0.260. The SMILES string of the molecule is FC(F)(F)C(CCI)c1ccccc1. The number of hydrogen-bond acceptors (Lipinski definition) is 0. The van der Waals surface area contributed by atoms with Crippen LogP contribution in [0.25, 0.3) is 0 Å². The number of hydrogen-bond donors (Lipinski definition) is 0. The molecule has 1 aromatic carbocycles. The maximum atomic E-state index is 12.6. The molecule has 0 spiro atoms. The molecule has 0 saturated heterocycles. The van der Waals surface area contributed by atoms with E-state index in [4.69, 9.17) is 0 Å². The molecule has 1 aromatic rings. The minimum atomic E-state index is -4.13. The molecule has 0 fully saturated rings. The molecule has 1 atom stereocenters. The monoisotopic (exact) mass is 314 g/mol. The van der Waals surface area contributed by atoms with Crippen molar-refractivity contribution in [2.75, 3.05) is 4.43 Å². The molecule has 1 unspecified atom stereocenters. The number of rotatable bonds is 3. The van der Waals surface area contributed by atoms with E-state index >= 15 is 0 Å². The summed E-state index contributed by atoms with van der Waals surface area (Å²) in [5, 5.41) is 0. The number of halogens is 4. The van der Waals surface area contributed by atoms with E-state index < -0.39 is 12.1 Å². The molecule has 0 bridgehead atoms. The molecule has 0 aliphatic carbocycles. The van der Waals surface area contributed by atoms with Crippen molar-refractivity contribution in [2.45, 2.75) is 18.5 Å². The van der Waals surface area contributed by atoms with Crippen LogP contribution in [0, 0.1) is 0 Å². The van der Waals surface area contributed by atoms with E-state index in [1.807, 2.05) is 22.6 Å². The van der Waals surface area contributed by atoms with Crippen LogP contribution in [-0.4, -0.2) is 10.6 Å². The molecular weight excluding hydrogens is 304 g/mol. The zero-order valence-corrected chi connectivity index (χ0v) is 9.55. The average molecular weight is 314 g/mol. The van der Waals surface area contributed by atoms with E-state index in [0.717, 1.165) is 0 Å². The molecule has 0 heterocycles. The summed E-state index contributed by atoms with van der Waals surface area (Å²) in [6, 6.07) is 8.07. The van der Waals surface area contributed by atoms with Gasteiger partial charge in [0.15, 0.2) is 0 Å². The highest BCUT2D eigenvalue weighted by Gasteiger charge is 2.39. The summed E-state index contributed by atoms with van der Waals surface area (Å²) in [6.45, 7) is 0. The van der Waals surface area contributed by atoms with Crippen molar-refractivity contribution >= 4 is 22.6 Å². The van der Waals surface area contributed by atoms with E-state index in [0.29, 0.717) is 9.99 Å². The number of benzene rings is 1. The van der Waals surface area contributed by atoms with Crippen molar-refractivity contribution < 1.29 is 13.2 Å². The third-order valence-corrected chi connectivity index (χ3v) is 2.62. The molecule has 0 nitrogen and oxygen atoms in total. The molecule has 78 valence electrons. The lowest BCUT2D eigenvalue weighted by atomic mass is 9.96. The Morgan fingerprint density at radius 2 is 1.71 bits per heavy atom. The predicted octanol–water partition coefficient (Wildman–Crippen LogP) is 4.16. The van der Waals surface area contributed by atoms with Crippen LogP contribution in [0.1, 0.15) is 17.9 Å². The van der Waals surface area contributed by atoms with Crippen molar-refractivity contribution in [3.63, 3.8) is 0 Å². The number of alkyl halides is 4. The van der Waals surface area contributed by atoms with Gasteiger partial charge in [-0.2, -0.15) is 13.2 Å². The molecule has 0 aliphatic heterocycles. The quantitative estimate of drug-likeness (QED) is 0.580. The van der Waals surface area contributed by atoms with Gasteiger partial charge in [-0.3, -0.25) is 0 Å². The fourth-order valence-corrected chi connectivity index (χ4v) is 1.94. The molecule has 0 aromatic heterocycles. The molecule has 0 amide bonds. The van der Waals surface area contributed by atoms with Gasteiger partial charge in [-0.05, 0) is 12.0 Å². The lowest BCUT2D eigenvalue weighted by molar-refractivity contribution is -0.150. The average Bonchev–Trinajstić information content (AvgIpc) is 2.14. The van der Waals surface area contributed by atoms with Crippen molar-refractivity contribution in [1.82, 2.24) is 0 Å². The standard InChI is InChI=1S/C10H10F3I/c11-10(12,13)9(6-7-14)8-4-2-1-3-5-8/h1-5,9H,6-7H2. The molecule has 0 radical (unpaired) electrons. The van der Waals surface area contributed by atoms with Crippen LogP contribution in [0.5, 0.6) is 0 Å². The summed E-state index contributed by atoms with van der Waals surface area (Å²) < 4.78 is 38.3. The highest BCUT2D eigenvalue weighted by Crippen LogP contribution is 2.37. The zero-order valence-electron chi connectivity index (χ0n) is 7.39. The first-order chi connectivity index (χ1) is 6.55. The molecule has 0 N–H and O–H groups in total. The van der Waals surface area contributed by atoms with Gasteiger partial charge in [-0.25, -0.2) is 0 Å². The third kappa shape index (κ3) is 3.15. The first kappa shape index (κ1) is 11.8. The Balaban J connectivity index is 2.89. The summed E-state index contributed by atoms with van der Waals surface area (Å²) >= 11 is 1.97. The fraction of sp³-hybridized carbons (Fsp3) is 0.400. The first-order valence-electron chi connectivity index (χ1n) is 4.23. The summed E-state index contributed by atoms with van der Waals surface area (Å²) in [4.78, 5) is 0. The van der Waals surface area contributed by atoms with Crippen LogP contribution in [0.2, 0.25) is 0 Å². The summed E-state index contributed by atoms with van der Waals surface area (Å²) in [6.07, 6.45) is -3.99. The zero-order chi connectivity index (χ0) is 10.6. The van der Waals surface area contributed by atoms with Gasteiger partial charge in [0.2, 0.25) is 0 Å². The normalized spacial score (nSPS) is 14.0. The third-order valence-electron chi connectivity index (χ3n) is 1.99. The minimum absolute atomic E-state index is 0.147. The smallest absolute Gasteiger partial charge is 0.170 e. The van der Waals surface area contributed by atoms with Gasteiger partial charge in [-0.1, -0.05) is 52.9 Å². The minimum Gasteiger partial charge on any atom is -0.170 e. The molecule has 0 aliphatic rings. The van der Waals surface area contributed by atoms with E-state index in [1.165, 1.54) is 12.1 Å². The molecule has 1 rings (SSSR count). The van der Waals surface area contributed by atoms with Crippen LogP contribution in [-0.2, 0) is 0 Å². The van der Waals surface area contributed by atoms with Gasteiger partial charge in [0.05, 0.1) is 5.92 Å². The first-order valence-corrected chi connectivity index (χ1v) is 5.76. The van der Waals surface area contributed by atoms with Gasteiger partial charge in [0.1, 0.15) is 0 Å². The topological polar surface area (TPSA) is 0 Å². The Kier molecular flexibility index (Phi) is 4.22. The summed E-state index contributed by atoms with van der Waals surface area (Å²) in [7, 11) is 0. The lowest BCUT2D eigenvalue weighted by Gasteiger charge is -2.19. The molecule has 14 heavy (non-hydrogen) atoms. The van der Waals surface area contributed by atoms with Crippen LogP contribution in [0.15, 0.2) is 30.3 Å². The second-order valence-corrected chi connectivity index (χ2v) is 4.06. The van der Waals surface area contributed by atoms with E-state index in [2.05, 4.69) is 0 Å². The molecule has 0 saturated carbocycles.